The first-order chi connectivity index (χ1) is 28.5. The molecule has 61 heavy (non-hydrogen) atoms. The van der Waals surface area contributed by atoms with Crippen LogP contribution in [0, 0.1) is 11.8 Å². The molecule has 2 bridgehead atoms. The van der Waals surface area contributed by atoms with E-state index in [1.807, 2.05) is 6.08 Å². The Hall–Kier alpha value is -4.63. The second-order valence-electron chi connectivity index (χ2n) is 13.8. The summed E-state index contributed by atoms with van der Waals surface area (Å²) < 4.78 is 39.2. The van der Waals surface area contributed by atoms with Crippen molar-refractivity contribution in [2.45, 2.75) is 122 Å². The molecule has 0 amide bonds. The van der Waals surface area contributed by atoms with Crippen molar-refractivity contribution in [2.24, 2.45) is 16.1 Å². The number of fused-ring (bicyclic) bond motifs is 3. The number of cyclic esters (lactones) is 7. The molecule has 7 rings (SSSR count). The van der Waals surface area contributed by atoms with Crippen LogP contribution >= 0.6 is 28.7 Å². The van der Waals surface area contributed by atoms with Crippen LogP contribution in [0.4, 0.5) is 0 Å². The Labute approximate surface area is 370 Å². The molecule has 1 radical (unpaired) electrons. The molecule has 4 saturated heterocycles. The number of halogens is 1. The fourth-order valence-electron chi connectivity index (χ4n) is 5.63. The Morgan fingerprint density at radius 2 is 1.16 bits per heavy atom. The molecule has 4 heterocycles. The first-order valence-electron chi connectivity index (χ1n) is 19.4. The minimum atomic E-state index is -1.31. The van der Waals surface area contributed by atoms with Gasteiger partial charge in [-0.05, 0) is 102 Å². The number of rotatable bonds is 3. The molecule has 1 saturated carbocycles. The molecule has 0 aromatic rings. The van der Waals surface area contributed by atoms with Gasteiger partial charge in [0.15, 0.2) is 30.5 Å². The second kappa shape index (κ2) is 26.0. The molecule has 337 valence electrons. The Morgan fingerprint density at radius 3 is 1.52 bits per heavy atom. The average Bonchev–Trinajstić information content (AvgIpc) is 3.99. The van der Waals surface area contributed by atoms with Crippen LogP contribution in [0.5, 0.6) is 0 Å². The van der Waals surface area contributed by atoms with Gasteiger partial charge in [0.25, 0.3) is 4.51 Å². The van der Waals surface area contributed by atoms with Crippen LogP contribution in [-0.2, 0) is 76.3 Å². The van der Waals surface area contributed by atoms with Crippen molar-refractivity contribution < 1.29 is 76.3 Å². The molecule has 18 nitrogen and oxygen atoms in total. The van der Waals surface area contributed by atoms with Gasteiger partial charge in [0.05, 0.1) is 0 Å². The molecule has 5 fully saturated rings. The van der Waals surface area contributed by atoms with E-state index in [-0.39, 0.29) is 17.6 Å². The van der Waals surface area contributed by atoms with Crippen LogP contribution in [0.2, 0.25) is 0 Å². The number of ether oxygens (including phenoxy) is 8. The predicted molar refractivity (Wildman–Crippen MR) is 224 cm³/mol. The molecule has 21 heteroatoms. The van der Waals surface area contributed by atoms with Crippen molar-refractivity contribution in [3.05, 3.63) is 48.8 Å². The van der Waals surface area contributed by atoms with Crippen molar-refractivity contribution >= 4 is 84.1 Å². The van der Waals surface area contributed by atoms with Gasteiger partial charge in [-0.1, -0.05) is 57.2 Å². The third kappa shape index (κ3) is 17.0. The average molecular weight is 943 g/mol. The van der Waals surface area contributed by atoms with Gasteiger partial charge < -0.3 is 42.8 Å². The van der Waals surface area contributed by atoms with E-state index in [0.29, 0.717) is 12.3 Å². The van der Waals surface area contributed by atoms with E-state index in [2.05, 4.69) is 127 Å². The normalized spacial score (nSPS) is 30.9. The SMILES string of the molecule is C1=CCC=C1.C=C1OC(=O)[C@H](C)OC1=O.CCN(CC)CC.C[C@@H]1OC(=O)C2(CC3C=CC2C3)OC1=O.C[C@@H]1OC(=O)[C@@](C)(Br)OC1=O.C[C@@H]1OC(=O)[C@H](C)OC1=O.[B]=NS. The summed E-state index contributed by atoms with van der Waals surface area (Å²) in [4.78, 5) is 89.9. The van der Waals surface area contributed by atoms with Gasteiger partial charge in [-0.2, -0.15) is 0 Å². The topological polar surface area (TPSA) is 226 Å². The van der Waals surface area contributed by atoms with Gasteiger partial charge in [0.2, 0.25) is 11.4 Å². The Kier molecular flexibility index (Phi) is 23.2. The second-order valence-corrected chi connectivity index (χ2v) is 15.6. The third-order valence-corrected chi connectivity index (χ3v) is 9.65. The summed E-state index contributed by atoms with van der Waals surface area (Å²) >= 11 is 6.10. The first kappa shape index (κ1) is 54.4. The third-order valence-electron chi connectivity index (χ3n) is 9.17. The summed E-state index contributed by atoms with van der Waals surface area (Å²) in [6.07, 6.45) is 11.2. The molecule has 3 aliphatic carbocycles. The zero-order valence-corrected chi connectivity index (χ0v) is 38.3. The van der Waals surface area contributed by atoms with Gasteiger partial charge in [-0.15, -0.1) is 0 Å². The molecular weight excluding hydrogens is 887 g/mol. The summed E-state index contributed by atoms with van der Waals surface area (Å²) in [5.74, 6) is -3.98. The van der Waals surface area contributed by atoms with E-state index in [1.165, 1.54) is 61.2 Å². The van der Waals surface area contributed by atoms with E-state index < -0.39 is 82.4 Å². The summed E-state index contributed by atoms with van der Waals surface area (Å²) in [7, 11) is 4.34. The van der Waals surface area contributed by atoms with Gasteiger partial charge in [-0.3, -0.25) is 0 Å². The monoisotopic (exact) mass is 941 g/mol. The van der Waals surface area contributed by atoms with Crippen LogP contribution in [0.25, 0.3) is 0 Å². The van der Waals surface area contributed by atoms with Crippen molar-refractivity contribution in [1.82, 2.24) is 4.90 Å². The maximum atomic E-state index is 11.8. The van der Waals surface area contributed by atoms with Gasteiger partial charge >= 0.3 is 72.5 Å². The van der Waals surface area contributed by atoms with Crippen molar-refractivity contribution in [3.8, 4) is 0 Å². The summed E-state index contributed by atoms with van der Waals surface area (Å²) in [6.45, 7) is 22.1. The summed E-state index contributed by atoms with van der Waals surface area (Å²) in [6, 6.07) is 0. The molecule has 0 aromatic carbocycles. The minimum absolute atomic E-state index is 0.0199. The predicted octanol–water partition coefficient (Wildman–Crippen LogP) is 4.28. The van der Waals surface area contributed by atoms with Gasteiger partial charge in [-0.25, -0.2) is 38.4 Å². The molecule has 7 aliphatic rings. The quantitative estimate of drug-likeness (QED) is 0.0792. The molecular formula is C40H55BBrN2O16S. The first-order valence-corrected chi connectivity index (χ1v) is 20.6. The van der Waals surface area contributed by atoms with E-state index in [0.717, 1.165) is 12.8 Å². The van der Waals surface area contributed by atoms with Gasteiger partial charge in [0.1, 0.15) is 0 Å². The number of esters is 8. The van der Waals surface area contributed by atoms with Gasteiger partial charge in [0, 0.05) is 12.3 Å². The van der Waals surface area contributed by atoms with E-state index >= 15 is 0 Å². The van der Waals surface area contributed by atoms with Crippen LogP contribution in [0.3, 0.4) is 0 Å². The number of carbonyl (C=O) groups excluding carboxylic acids is 8. The Bertz CT molecular complexity index is 1680. The Morgan fingerprint density at radius 1 is 0.721 bits per heavy atom. The van der Waals surface area contributed by atoms with Crippen LogP contribution < -0.4 is 0 Å². The standard InChI is InChI=1S/C11H12O4.C6H7BrO4.C6H15N.C6H8O4.C6H6O4.C5H6.BHNS/c1-6-9(12)15-11(10(13)14-6)5-7-2-3-8(11)4-7;1-3-4(8)11-6(2,7)5(9)10-3;1-4-7(5-2)6-3;2*1-3-5(7)10-4(2)6(8)9-3;1-2-4-5-3-1;1-2-3/h2-3,6-8H,4-5H2,1H3;3H,1-2H3;4-6H2,1-3H3;3-4H,1-2H3;4H,1H2,2H3;1-4H,5H2;3H/t6-,7?,8?,11?;3-,6-;;3-,4-;4-;;/m00.00../s1. The van der Waals surface area contributed by atoms with Crippen molar-refractivity contribution in [3.63, 3.8) is 0 Å². The zero-order valence-electron chi connectivity index (χ0n) is 35.8. The maximum absolute atomic E-state index is 11.8. The number of alkyl halides is 1. The Balaban J connectivity index is 0.000000371. The number of hydrogen-bond donors (Lipinski definition) is 1. The van der Waals surface area contributed by atoms with E-state index in [4.69, 9.17) is 14.2 Å². The number of carbonyl (C=O) groups is 8. The van der Waals surface area contributed by atoms with Crippen LogP contribution in [0.15, 0.2) is 53.1 Å². The molecule has 1 spiro atoms. The van der Waals surface area contributed by atoms with Crippen LogP contribution in [-0.4, -0.2) is 121 Å². The fraction of sp³-hybridized carbons (Fsp3) is 0.600. The molecule has 0 aromatic heterocycles. The number of allylic oxidation sites excluding steroid dienone is 5. The molecule has 4 aliphatic heterocycles. The summed E-state index contributed by atoms with van der Waals surface area (Å²) in [5.41, 5.74) is -0.997. The summed E-state index contributed by atoms with van der Waals surface area (Å²) in [5, 5.41) is 0. The number of nitrogens with zero attached hydrogens (tertiary/aromatic N) is 2. The van der Waals surface area contributed by atoms with E-state index in [1.54, 1.807) is 0 Å². The fourth-order valence-corrected chi connectivity index (χ4v) is 5.88. The van der Waals surface area contributed by atoms with E-state index in [9.17, 15) is 38.4 Å². The number of thiol groups is 1. The van der Waals surface area contributed by atoms with Crippen molar-refractivity contribution in [1.29, 1.82) is 0 Å². The zero-order chi connectivity index (χ0) is 46.7. The molecule has 9 atom stereocenters. The molecule has 0 N–H and O–H groups in total. The van der Waals surface area contributed by atoms with Crippen LogP contribution in [0.1, 0.15) is 81.6 Å². The molecule has 3 unspecified atom stereocenters. The number of hydrogen-bond acceptors (Lipinski definition) is 19. The van der Waals surface area contributed by atoms with Crippen molar-refractivity contribution in [2.75, 3.05) is 19.6 Å².